The molecule has 1 amide bonds. The minimum Gasteiger partial charge on any atom is -0.487 e. The number of nitrogens with zero attached hydrogens (tertiary/aromatic N) is 3. The summed E-state index contributed by atoms with van der Waals surface area (Å²) in [4.78, 5) is 16.0. The lowest BCUT2D eigenvalue weighted by Crippen LogP contribution is -2.51. The molecule has 1 saturated heterocycles. The summed E-state index contributed by atoms with van der Waals surface area (Å²) < 4.78 is 8.37. The number of carbonyl (C=O) groups is 1. The molecule has 6 rings (SSSR count). The molecule has 2 aromatic carbocycles. The molecule has 1 N–H and O–H groups in total. The Morgan fingerprint density at radius 1 is 1.06 bits per heavy atom. The van der Waals surface area contributed by atoms with E-state index in [1.54, 1.807) is 4.68 Å². The summed E-state index contributed by atoms with van der Waals surface area (Å²) >= 11 is 0. The molecule has 1 aromatic heterocycles. The van der Waals surface area contributed by atoms with Gasteiger partial charge in [-0.2, -0.15) is 5.10 Å². The first-order valence-corrected chi connectivity index (χ1v) is 12.0. The van der Waals surface area contributed by atoms with Crippen LogP contribution in [-0.4, -0.2) is 46.3 Å². The normalized spacial score (nSPS) is 21.9. The lowest BCUT2D eigenvalue weighted by molar-refractivity contribution is -0.0196. The molecule has 2 fully saturated rings. The van der Waals surface area contributed by atoms with Crippen LogP contribution in [0.2, 0.25) is 0 Å². The fraction of sp³-hybridized carbons (Fsp3) is 0.407. The molecular weight excluding hydrogens is 412 g/mol. The number of fused-ring (bicyclic) bond motifs is 1. The van der Waals surface area contributed by atoms with Crippen molar-refractivity contribution in [1.82, 2.24) is 20.0 Å². The van der Waals surface area contributed by atoms with Gasteiger partial charge in [-0.15, -0.1) is 0 Å². The van der Waals surface area contributed by atoms with Crippen LogP contribution in [0.4, 0.5) is 0 Å². The van der Waals surface area contributed by atoms with E-state index in [2.05, 4.69) is 23.3 Å². The van der Waals surface area contributed by atoms with Crippen molar-refractivity contribution in [3.8, 4) is 11.4 Å². The molecular formula is C27H30N4O2. The summed E-state index contributed by atoms with van der Waals surface area (Å²) in [5, 5.41) is 8.18. The Kier molecular flexibility index (Phi) is 4.98. The summed E-state index contributed by atoms with van der Waals surface area (Å²) in [6, 6.07) is 20.0. The van der Waals surface area contributed by atoms with Crippen LogP contribution < -0.4 is 10.1 Å². The fourth-order valence-corrected chi connectivity index (χ4v) is 5.22. The Morgan fingerprint density at radius 3 is 2.55 bits per heavy atom. The summed E-state index contributed by atoms with van der Waals surface area (Å²) in [6.45, 7) is 2.02. The van der Waals surface area contributed by atoms with E-state index in [0.29, 0.717) is 11.6 Å². The maximum Gasteiger partial charge on any atom is 0.270 e. The van der Waals surface area contributed by atoms with E-state index in [0.717, 1.165) is 67.9 Å². The van der Waals surface area contributed by atoms with Crippen LogP contribution in [0.1, 0.15) is 65.8 Å². The molecule has 3 aliphatic rings. The number of piperidine rings is 1. The molecule has 33 heavy (non-hydrogen) atoms. The van der Waals surface area contributed by atoms with Crippen molar-refractivity contribution in [2.75, 3.05) is 20.1 Å². The molecule has 0 bridgehead atoms. The third-order valence-electron chi connectivity index (χ3n) is 7.36. The molecule has 1 aliphatic carbocycles. The Bertz CT molecular complexity index is 1160. The second-order valence-electron chi connectivity index (χ2n) is 9.83. The van der Waals surface area contributed by atoms with Crippen LogP contribution in [0.15, 0.2) is 60.7 Å². The Labute approximate surface area is 194 Å². The van der Waals surface area contributed by atoms with Gasteiger partial charge in [-0.1, -0.05) is 36.4 Å². The van der Waals surface area contributed by atoms with Crippen LogP contribution in [0, 0.1) is 0 Å². The van der Waals surface area contributed by atoms with Crippen molar-refractivity contribution >= 4 is 5.91 Å². The van der Waals surface area contributed by atoms with Crippen molar-refractivity contribution in [3.05, 3.63) is 77.6 Å². The van der Waals surface area contributed by atoms with E-state index in [1.807, 2.05) is 54.6 Å². The van der Waals surface area contributed by atoms with Crippen molar-refractivity contribution in [2.24, 2.45) is 0 Å². The predicted octanol–water partition coefficient (Wildman–Crippen LogP) is 4.47. The van der Waals surface area contributed by atoms with Gasteiger partial charge in [0, 0.05) is 31.0 Å². The maximum absolute atomic E-state index is 13.7. The number of amides is 1. The molecule has 1 atom stereocenters. The van der Waals surface area contributed by atoms with Gasteiger partial charge in [0.25, 0.3) is 5.91 Å². The Hall–Kier alpha value is -3.12. The lowest BCUT2D eigenvalue weighted by Gasteiger charge is -2.46. The minimum atomic E-state index is -0.225. The van der Waals surface area contributed by atoms with Crippen molar-refractivity contribution in [2.45, 2.75) is 49.7 Å². The third-order valence-corrected chi connectivity index (χ3v) is 7.36. The standard InChI is InChI=1S/C27H30N4O2/c1-30-15-13-27(14-16-30)18-23(21-9-5-6-10-25(21)33-27)28-26(32)24-17-22(19-11-12-19)29-31(24)20-7-3-2-4-8-20/h2-10,17,19,23H,11-16,18H2,1H3,(H,28,32). The van der Waals surface area contributed by atoms with Crippen LogP contribution in [0.25, 0.3) is 5.69 Å². The predicted molar refractivity (Wildman–Crippen MR) is 127 cm³/mol. The van der Waals surface area contributed by atoms with Gasteiger partial charge in [-0.05, 0) is 57.0 Å². The number of hydrogen-bond acceptors (Lipinski definition) is 4. The van der Waals surface area contributed by atoms with E-state index in [-0.39, 0.29) is 17.6 Å². The molecule has 6 heteroatoms. The maximum atomic E-state index is 13.7. The summed E-state index contributed by atoms with van der Waals surface area (Å²) in [6.07, 6.45) is 5.03. The zero-order valence-corrected chi connectivity index (χ0v) is 19.0. The highest BCUT2D eigenvalue weighted by Crippen LogP contribution is 2.44. The number of carbonyl (C=O) groups excluding carboxylic acids is 1. The van der Waals surface area contributed by atoms with Gasteiger partial charge in [0.05, 0.1) is 17.4 Å². The molecule has 2 aliphatic heterocycles. The zero-order valence-electron chi connectivity index (χ0n) is 19.0. The van der Waals surface area contributed by atoms with Gasteiger partial charge in [0.1, 0.15) is 17.0 Å². The highest BCUT2D eigenvalue weighted by molar-refractivity contribution is 5.93. The van der Waals surface area contributed by atoms with E-state index < -0.39 is 0 Å². The van der Waals surface area contributed by atoms with Crippen LogP contribution >= 0.6 is 0 Å². The SMILES string of the molecule is CN1CCC2(CC1)CC(NC(=O)c1cc(C3CC3)nn1-c1ccccc1)c1ccccc1O2. The van der Waals surface area contributed by atoms with Crippen LogP contribution in [0.5, 0.6) is 5.75 Å². The number of aromatic nitrogens is 2. The summed E-state index contributed by atoms with van der Waals surface area (Å²) in [5.41, 5.74) is 3.36. The van der Waals surface area contributed by atoms with Crippen LogP contribution in [0.3, 0.4) is 0 Å². The number of benzene rings is 2. The summed E-state index contributed by atoms with van der Waals surface area (Å²) in [7, 11) is 2.16. The fourth-order valence-electron chi connectivity index (χ4n) is 5.22. The van der Waals surface area contributed by atoms with Gasteiger partial charge < -0.3 is 15.0 Å². The van der Waals surface area contributed by atoms with E-state index in [4.69, 9.17) is 9.84 Å². The molecule has 1 spiro atoms. The molecule has 6 nitrogen and oxygen atoms in total. The average molecular weight is 443 g/mol. The lowest BCUT2D eigenvalue weighted by atomic mass is 9.80. The summed E-state index contributed by atoms with van der Waals surface area (Å²) in [5.74, 6) is 1.30. The zero-order chi connectivity index (χ0) is 22.4. The number of hydrogen-bond donors (Lipinski definition) is 1. The highest BCUT2D eigenvalue weighted by Gasteiger charge is 2.43. The van der Waals surface area contributed by atoms with Crippen molar-refractivity contribution < 1.29 is 9.53 Å². The first kappa shape index (κ1) is 20.5. The topological polar surface area (TPSA) is 59.4 Å². The second kappa shape index (κ2) is 8.03. The molecule has 3 aromatic rings. The molecule has 170 valence electrons. The number of ether oxygens (including phenoxy) is 1. The van der Waals surface area contributed by atoms with Crippen molar-refractivity contribution in [3.63, 3.8) is 0 Å². The van der Waals surface area contributed by atoms with Gasteiger partial charge in [0.2, 0.25) is 0 Å². The quantitative estimate of drug-likeness (QED) is 0.648. The van der Waals surface area contributed by atoms with E-state index in [9.17, 15) is 4.79 Å². The van der Waals surface area contributed by atoms with Crippen LogP contribution in [-0.2, 0) is 0 Å². The van der Waals surface area contributed by atoms with Gasteiger partial charge in [0.15, 0.2) is 0 Å². The first-order chi connectivity index (χ1) is 16.1. The van der Waals surface area contributed by atoms with E-state index in [1.165, 1.54) is 0 Å². The molecule has 1 saturated carbocycles. The number of rotatable bonds is 4. The molecule has 0 radical (unpaired) electrons. The monoisotopic (exact) mass is 442 g/mol. The van der Waals surface area contributed by atoms with Gasteiger partial charge >= 0.3 is 0 Å². The number of nitrogens with one attached hydrogen (secondary N) is 1. The molecule has 3 heterocycles. The highest BCUT2D eigenvalue weighted by atomic mass is 16.5. The van der Waals surface area contributed by atoms with Gasteiger partial charge in [-0.25, -0.2) is 4.68 Å². The third kappa shape index (κ3) is 3.93. The van der Waals surface area contributed by atoms with Gasteiger partial charge in [-0.3, -0.25) is 4.79 Å². The molecule has 1 unspecified atom stereocenters. The van der Waals surface area contributed by atoms with Crippen molar-refractivity contribution in [1.29, 1.82) is 0 Å². The first-order valence-electron chi connectivity index (χ1n) is 12.0. The Balaban J connectivity index is 1.32. The van der Waals surface area contributed by atoms with E-state index >= 15 is 0 Å². The minimum absolute atomic E-state index is 0.0805. The number of para-hydroxylation sites is 2. The number of likely N-dealkylation sites (tertiary alicyclic amines) is 1. The average Bonchev–Trinajstić information content (AvgIpc) is 3.60. The smallest absolute Gasteiger partial charge is 0.270 e. The Morgan fingerprint density at radius 2 is 1.79 bits per heavy atom. The second-order valence-corrected chi connectivity index (χ2v) is 9.83. The largest absolute Gasteiger partial charge is 0.487 e.